The number of aliphatic hydroxyl groups excluding tert-OH is 1. The standard InChI is InChI=1S/C31H30F2N4O4/c1-41-23-10-11-24-25(16-23)35-28-26(17-38)37(29(39)19-2-4-20(32)5-3-19)18-31(27(24)28)12-14-36(15-13-31)30(40)34-22-8-6-21(33)7-9-22/h2-11,16,26,35,38H,12-15,17-18H2,1H3,(H,34,40)/t26-/m0/s1. The van der Waals surface area contributed by atoms with Crippen molar-refractivity contribution in [2.24, 2.45) is 0 Å². The van der Waals surface area contributed by atoms with Gasteiger partial charge in [-0.05, 0) is 79.1 Å². The predicted octanol–water partition coefficient (Wildman–Crippen LogP) is 5.21. The lowest BCUT2D eigenvalue weighted by Crippen LogP contribution is -2.56. The molecule has 10 heteroatoms. The molecule has 1 atom stereocenters. The lowest BCUT2D eigenvalue weighted by molar-refractivity contribution is 0.0371. The fourth-order valence-electron chi connectivity index (χ4n) is 6.26. The van der Waals surface area contributed by atoms with Gasteiger partial charge in [-0.2, -0.15) is 0 Å². The van der Waals surface area contributed by atoms with Gasteiger partial charge in [0.1, 0.15) is 17.4 Å². The first kappa shape index (κ1) is 26.8. The third-order valence-electron chi connectivity index (χ3n) is 8.38. The molecule has 0 aliphatic carbocycles. The summed E-state index contributed by atoms with van der Waals surface area (Å²) >= 11 is 0. The zero-order valence-electron chi connectivity index (χ0n) is 22.5. The second-order valence-electron chi connectivity index (χ2n) is 10.7. The fourth-order valence-corrected chi connectivity index (χ4v) is 6.26. The van der Waals surface area contributed by atoms with E-state index < -0.39 is 17.3 Å². The number of nitrogens with one attached hydrogen (secondary N) is 2. The maximum atomic E-state index is 13.8. The van der Waals surface area contributed by atoms with E-state index in [0.29, 0.717) is 49.5 Å². The Bertz CT molecular complexity index is 1600. The fraction of sp³-hybridized carbons (Fsp3) is 0.290. The number of ether oxygens (including phenoxy) is 1. The lowest BCUT2D eigenvalue weighted by Gasteiger charge is -2.50. The van der Waals surface area contributed by atoms with Gasteiger partial charge in [0, 0.05) is 59.0 Å². The first-order valence-corrected chi connectivity index (χ1v) is 13.5. The molecule has 0 bridgehead atoms. The first-order valence-electron chi connectivity index (χ1n) is 13.5. The maximum Gasteiger partial charge on any atom is 0.321 e. The molecule has 212 valence electrons. The molecule has 8 nitrogen and oxygen atoms in total. The minimum atomic E-state index is -0.633. The van der Waals surface area contributed by atoms with Crippen molar-refractivity contribution in [1.82, 2.24) is 14.8 Å². The van der Waals surface area contributed by atoms with Crippen molar-refractivity contribution in [3.63, 3.8) is 0 Å². The van der Waals surface area contributed by atoms with Gasteiger partial charge in [0.15, 0.2) is 0 Å². The van der Waals surface area contributed by atoms with Gasteiger partial charge in [-0.25, -0.2) is 13.6 Å². The van der Waals surface area contributed by atoms with E-state index in [9.17, 15) is 23.5 Å². The normalized spacial score (nSPS) is 17.9. The summed E-state index contributed by atoms with van der Waals surface area (Å²) in [6.07, 6.45) is 1.14. The Morgan fingerprint density at radius 2 is 1.68 bits per heavy atom. The number of carbonyl (C=O) groups excluding carboxylic acids is 2. The van der Waals surface area contributed by atoms with Crippen LogP contribution >= 0.6 is 0 Å². The van der Waals surface area contributed by atoms with Crippen LogP contribution in [0.15, 0.2) is 66.7 Å². The number of carbonyl (C=O) groups is 2. The molecular weight excluding hydrogens is 530 g/mol. The number of urea groups is 1. The summed E-state index contributed by atoms with van der Waals surface area (Å²) < 4.78 is 32.4. The van der Waals surface area contributed by atoms with E-state index >= 15 is 0 Å². The Hall–Kier alpha value is -4.44. The van der Waals surface area contributed by atoms with Crippen LogP contribution in [0.1, 0.15) is 40.5 Å². The molecule has 1 fully saturated rings. The number of benzene rings is 3. The summed E-state index contributed by atoms with van der Waals surface area (Å²) in [4.78, 5) is 33.7. The second-order valence-corrected chi connectivity index (χ2v) is 10.7. The minimum Gasteiger partial charge on any atom is -0.497 e. The molecule has 3 heterocycles. The van der Waals surface area contributed by atoms with Gasteiger partial charge >= 0.3 is 6.03 Å². The topological polar surface area (TPSA) is 97.9 Å². The number of nitrogens with zero attached hydrogens (tertiary/aromatic N) is 2. The zero-order valence-corrected chi connectivity index (χ0v) is 22.5. The summed E-state index contributed by atoms with van der Waals surface area (Å²) in [5, 5.41) is 14.4. The third kappa shape index (κ3) is 4.78. The molecule has 2 aliphatic rings. The van der Waals surface area contributed by atoms with Crippen LogP contribution in [0.3, 0.4) is 0 Å². The third-order valence-corrected chi connectivity index (χ3v) is 8.38. The van der Waals surface area contributed by atoms with Gasteiger partial charge in [0.25, 0.3) is 5.91 Å². The monoisotopic (exact) mass is 560 g/mol. The first-order chi connectivity index (χ1) is 19.8. The van der Waals surface area contributed by atoms with Crippen molar-refractivity contribution in [2.45, 2.75) is 24.3 Å². The molecule has 4 aromatic rings. The number of aliphatic hydroxyl groups is 1. The summed E-state index contributed by atoms with van der Waals surface area (Å²) in [5.41, 5.74) is 2.95. The number of anilines is 1. The van der Waals surface area contributed by atoms with Gasteiger partial charge in [0.2, 0.25) is 0 Å². The smallest absolute Gasteiger partial charge is 0.321 e. The predicted molar refractivity (Wildman–Crippen MR) is 150 cm³/mol. The van der Waals surface area contributed by atoms with Crippen LogP contribution in [0.2, 0.25) is 0 Å². The highest BCUT2D eigenvalue weighted by Gasteiger charge is 2.49. The number of hydrogen-bond donors (Lipinski definition) is 3. The number of piperidine rings is 1. The Morgan fingerprint density at radius 3 is 2.32 bits per heavy atom. The molecule has 41 heavy (non-hydrogen) atoms. The molecule has 3 aromatic carbocycles. The van der Waals surface area contributed by atoms with Crippen LogP contribution in [-0.2, 0) is 5.41 Å². The average Bonchev–Trinajstić information content (AvgIpc) is 3.38. The molecule has 0 radical (unpaired) electrons. The summed E-state index contributed by atoms with van der Waals surface area (Å²) in [6, 6.07) is 15.9. The Labute approximate surface area is 235 Å². The van der Waals surface area contributed by atoms with Gasteiger partial charge < -0.3 is 29.9 Å². The second kappa shape index (κ2) is 10.5. The number of aromatic amines is 1. The van der Waals surface area contributed by atoms with E-state index in [1.165, 1.54) is 48.5 Å². The van der Waals surface area contributed by atoms with E-state index in [0.717, 1.165) is 22.2 Å². The molecule has 1 saturated heterocycles. The number of likely N-dealkylation sites (tertiary alicyclic amines) is 1. The highest BCUT2D eigenvalue weighted by molar-refractivity contribution is 5.96. The molecular formula is C31H30F2N4O4. The Morgan fingerprint density at radius 1 is 1.02 bits per heavy atom. The number of hydrogen-bond acceptors (Lipinski definition) is 4. The van der Waals surface area contributed by atoms with E-state index in [2.05, 4.69) is 10.3 Å². The van der Waals surface area contributed by atoms with E-state index in [4.69, 9.17) is 4.74 Å². The number of aromatic nitrogens is 1. The SMILES string of the molecule is COc1ccc2c3c([nH]c2c1)[C@H](CO)N(C(=O)c1ccc(F)cc1)CC31CCN(C(=O)Nc2ccc(F)cc2)CC1. The highest BCUT2D eigenvalue weighted by atomic mass is 19.1. The van der Waals surface area contributed by atoms with Gasteiger partial charge in [0.05, 0.1) is 19.8 Å². The number of H-pyrrole nitrogens is 1. The zero-order chi connectivity index (χ0) is 28.7. The van der Waals surface area contributed by atoms with E-state index in [1.54, 1.807) is 16.9 Å². The molecule has 0 unspecified atom stereocenters. The quantitative estimate of drug-likeness (QED) is 0.319. The lowest BCUT2D eigenvalue weighted by atomic mass is 9.68. The molecule has 2 aliphatic heterocycles. The summed E-state index contributed by atoms with van der Waals surface area (Å²) in [5.74, 6) is -0.444. The molecule has 0 saturated carbocycles. The van der Waals surface area contributed by atoms with Gasteiger partial charge in [-0.3, -0.25) is 4.79 Å². The van der Waals surface area contributed by atoms with Crippen molar-refractivity contribution < 1.29 is 28.2 Å². The summed E-state index contributed by atoms with van der Waals surface area (Å²) in [7, 11) is 1.60. The van der Waals surface area contributed by atoms with Crippen LogP contribution in [0.5, 0.6) is 5.75 Å². The van der Waals surface area contributed by atoms with Crippen molar-refractivity contribution in [3.05, 3.63) is 95.2 Å². The Balaban J connectivity index is 1.36. The van der Waals surface area contributed by atoms with Crippen LogP contribution in [-0.4, -0.2) is 65.2 Å². The van der Waals surface area contributed by atoms with Crippen molar-refractivity contribution >= 4 is 28.5 Å². The van der Waals surface area contributed by atoms with E-state index in [-0.39, 0.29) is 24.4 Å². The van der Waals surface area contributed by atoms with Crippen molar-refractivity contribution in [1.29, 1.82) is 0 Å². The minimum absolute atomic E-state index is 0.279. The molecule has 6 rings (SSSR count). The number of fused-ring (bicyclic) bond motifs is 4. The number of methoxy groups -OCH3 is 1. The van der Waals surface area contributed by atoms with Gasteiger partial charge in [-0.1, -0.05) is 0 Å². The number of halogens is 2. The molecule has 1 spiro atoms. The molecule has 1 aromatic heterocycles. The van der Waals surface area contributed by atoms with Crippen molar-refractivity contribution in [3.8, 4) is 5.75 Å². The average molecular weight is 561 g/mol. The van der Waals surface area contributed by atoms with Gasteiger partial charge in [-0.15, -0.1) is 0 Å². The van der Waals surface area contributed by atoms with E-state index in [1.807, 2.05) is 18.2 Å². The highest BCUT2D eigenvalue weighted by Crippen LogP contribution is 2.49. The Kier molecular flexibility index (Phi) is 6.86. The summed E-state index contributed by atoms with van der Waals surface area (Å²) in [6.45, 7) is 0.884. The maximum absolute atomic E-state index is 13.8. The van der Waals surface area contributed by atoms with Crippen molar-refractivity contribution in [2.75, 3.05) is 38.7 Å². The van der Waals surface area contributed by atoms with Crippen LogP contribution in [0, 0.1) is 11.6 Å². The molecule has 3 N–H and O–H groups in total. The van der Waals surface area contributed by atoms with Crippen LogP contribution in [0.4, 0.5) is 19.3 Å². The van der Waals surface area contributed by atoms with Crippen LogP contribution < -0.4 is 10.1 Å². The van der Waals surface area contributed by atoms with Crippen LogP contribution in [0.25, 0.3) is 10.9 Å². The number of rotatable bonds is 4. The largest absolute Gasteiger partial charge is 0.497 e. The molecule has 3 amide bonds. The number of amides is 3.